The Kier molecular flexibility index (Phi) is 4.41. The van der Waals surface area contributed by atoms with Crippen molar-refractivity contribution in [1.29, 1.82) is 0 Å². The van der Waals surface area contributed by atoms with Crippen molar-refractivity contribution in [1.82, 2.24) is 19.1 Å². The molecule has 6 heteroatoms. The number of hydrogen-bond donors (Lipinski definition) is 0. The first kappa shape index (κ1) is 15.7. The van der Waals surface area contributed by atoms with E-state index in [9.17, 15) is 0 Å². The number of ether oxygens (including phenoxy) is 2. The molecule has 4 rings (SSSR count). The second kappa shape index (κ2) is 7.01. The van der Waals surface area contributed by atoms with Gasteiger partial charge in [-0.25, -0.2) is 9.97 Å². The number of hydrogen-bond acceptors (Lipinski definition) is 4. The highest BCUT2D eigenvalue weighted by molar-refractivity contribution is 5.44. The van der Waals surface area contributed by atoms with Crippen LogP contribution >= 0.6 is 0 Å². The maximum absolute atomic E-state index is 5.47. The fourth-order valence-electron chi connectivity index (χ4n) is 3.30. The van der Waals surface area contributed by atoms with Crippen molar-refractivity contribution < 1.29 is 9.47 Å². The first-order valence-corrected chi connectivity index (χ1v) is 8.65. The summed E-state index contributed by atoms with van der Waals surface area (Å²) in [5, 5.41) is 0. The Labute approximate surface area is 147 Å². The molecule has 0 saturated heterocycles. The molecule has 0 aliphatic carbocycles. The van der Waals surface area contributed by atoms with Gasteiger partial charge < -0.3 is 18.6 Å². The Morgan fingerprint density at radius 1 is 1.12 bits per heavy atom. The summed E-state index contributed by atoms with van der Waals surface area (Å²) in [6.45, 7) is 4.46. The summed E-state index contributed by atoms with van der Waals surface area (Å²) < 4.78 is 15.2. The molecular weight excluding hydrogens is 316 g/mol. The highest BCUT2D eigenvalue weighted by atomic mass is 16.7. The molecule has 25 heavy (non-hydrogen) atoms. The van der Waals surface area contributed by atoms with Gasteiger partial charge in [-0.15, -0.1) is 0 Å². The van der Waals surface area contributed by atoms with Gasteiger partial charge in [0.2, 0.25) is 6.79 Å². The third-order valence-corrected chi connectivity index (χ3v) is 4.54. The summed E-state index contributed by atoms with van der Waals surface area (Å²) in [7, 11) is 0. The summed E-state index contributed by atoms with van der Waals surface area (Å²) >= 11 is 0. The molecule has 6 nitrogen and oxygen atoms in total. The lowest BCUT2D eigenvalue weighted by molar-refractivity contribution is 0.174. The topological polar surface area (TPSA) is 54.1 Å². The van der Waals surface area contributed by atoms with Crippen molar-refractivity contribution >= 4 is 0 Å². The Morgan fingerprint density at radius 2 is 2.04 bits per heavy atom. The molecule has 0 saturated carbocycles. The standard InChI is InChI=1S/C19H22N4O2/c1-15(11-16-3-4-17-18(12-16)25-14-24-17)19-21-6-10-23(19)8-2-7-22-9-5-20-13-22/h3-6,9-10,12-13,15H,2,7-8,11,14H2,1H3/t15-/m1/s1. The number of aryl methyl sites for hydroxylation is 2. The van der Waals surface area contributed by atoms with Crippen LogP contribution in [-0.4, -0.2) is 25.9 Å². The van der Waals surface area contributed by atoms with Crippen LogP contribution in [0.15, 0.2) is 49.3 Å². The van der Waals surface area contributed by atoms with Crippen molar-refractivity contribution in [2.24, 2.45) is 0 Å². The third kappa shape index (κ3) is 3.52. The van der Waals surface area contributed by atoms with Gasteiger partial charge in [0, 0.05) is 43.8 Å². The SMILES string of the molecule is C[C@H](Cc1ccc2c(c1)OCO2)c1nccn1CCCn1ccnc1. The summed E-state index contributed by atoms with van der Waals surface area (Å²) in [6, 6.07) is 6.17. The Bertz CT molecular complexity index is 826. The van der Waals surface area contributed by atoms with Crippen LogP contribution in [0.25, 0.3) is 0 Å². The van der Waals surface area contributed by atoms with Crippen molar-refractivity contribution in [2.45, 2.75) is 38.8 Å². The van der Waals surface area contributed by atoms with E-state index in [1.165, 1.54) is 5.56 Å². The predicted molar refractivity (Wildman–Crippen MR) is 93.8 cm³/mol. The van der Waals surface area contributed by atoms with Crippen molar-refractivity contribution in [3.63, 3.8) is 0 Å². The zero-order chi connectivity index (χ0) is 17.1. The minimum atomic E-state index is 0.315. The van der Waals surface area contributed by atoms with E-state index < -0.39 is 0 Å². The Morgan fingerprint density at radius 3 is 2.92 bits per heavy atom. The average molecular weight is 338 g/mol. The molecule has 3 aromatic rings. The fraction of sp³-hybridized carbons (Fsp3) is 0.368. The first-order chi connectivity index (χ1) is 12.3. The number of fused-ring (bicyclic) bond motifs is 1. The van der Waals surface area contributed by atoms with E-state index in [0.29, 0.717) is 12.7 Å². The molecular formula is C19H22N4O2. The number of nitrogens with zero attached hydrogens (tertiary/aromatic N) is 4. The minimum Gasteiger partial charge on any atom is -0.454 e. The number of aromatic nitrogens is 4. The van der Waals surface area contributed by atoms with Gasteiger partial charge in [-0.2, -0.15) is 0 Å². The van der Waals surface area contributed by atoms with Crippen LogP contribution in [0.4, 0.5) is 0 Å². The van der Waals surface area contributed by atoms with E-state index in [0.717, 1.165) is 43.3 Å². The molecule has 0 radical (unpaired) electrons. The van der Waals surface area contributed by atoms with Crippen LogP contribution in [0.1, 0.15) is 30.7 Å². The average Bonchev–Trinajstić information content (AvgIpc) is 3.36. The molecule has 1 atom stereocenters. The maximum Gasteiger partial charge on any atom is 0.231 e. The Balaban J connectivity index is 1.39. The zero-order valence-corrected chi connectivity index (χ0v) is 14.3. The molecule has 0 fully saturated rings. The highest BCUT2D eigenvalue weighted by Crippen LogP contribution is 2.33. The zero-order valence-electron chi connectivity index (χ0n) is 14.3. The van der Waals surface area contributed by atoms with Gasteiger partial charge in [0.05, 0.1) is 6.33 Å². The van der Waals surface area contributed by atoms with Gasteiger partial charge in [0.25, 0.3) is 0 Å². The van der Waals surface area contributed by atoms with Gasteiger partial charge in [0.1, 0.15) is 5.82 Å². The number of benzene rings is 1. The molecule has 1 aliphatic rings. The maximum atomic E-state index is 5.47. The summed E-state index contributed by atoms with van der Waals surface area (Å²) in [4.78, 5) is 8.67. The molecule has 0 unspecified atom stereocenters. The van der Waals surface area contributed by atoms with Crippen molar-refractivity contribution in [3.05, 3.63) is 60.7 Å². The first-order valence-electron chi connectivity index (χ1n) is 8.65. The van der Waals surface area contributed by atoms with E-state index >= 15 is 0 Å². The number of rotatable bonds is 7. The molecule has 2 aromatic heterocycles. The van der Waals surface area contributed by atoms with E-state index in [4.69, 9.17) is 9.47 Å². The fourth-order valence-corrected chi connectivity index (χ4v) is 3.30. The van der Waals surface area contributed by atoms with Crippen molar-refractivity contribution in [2.75, 3.05) is 6.79 Å². The molecule has 0 amide bonds. The Hall–Kier alpha value is -2.76. The second-order valence-corrected chi connectivity index (χ2v) is 6.43. The molecule has 0 spiro atoms. The molecule has 0 N–H and O–H groups in total. The quantitative estimate of drug-likeness (QED) is 0.664. The van der Waals surface area contributed by atoms with Crippen molar-refractivity contribution in [3.8, 4) is 11.5 Å². The lowest BCUT2D eigenvalue weighted by Gasteiger charge is -2.15. The molecule has 1 aliphatic heterocycles. The smallest absolute Gasteiger partial charge is 0.231 e. The van der Waals surface area contributed by atoms with Crippen LogP contribution in [-0.2, 0) is 19.5 Å². The van der Waals surface area contributed by atoms with Crippen LogP contribution < -0.4 is 9.47 Å². The van der Waals surface area contributed by atoms with E-state index in [-0.39, 0.29) is 0 Å². The summed E-state index contributed by atoms with van der Waals surface area (Å²) in [6.07, 6.45) is 11.6. The normalized spacial score (nSPS) is 14.0. The number of imidazole rings is 2. The van der Waals surface area contributed by atoms with E-state index in [1.54, 1.807) is 0 Å². The lowest BCUT2D eigenvalue weighted by Crippen LogP contribution is -2.10. The van der Waals surface area contributed by atoms with Crippen LogP contribution in [0.3, 0.4) is 0 Å². The van der Waals surface area contributed by atoms with Crippen LogP contribution in [0.5, 0.6) is 11.5 Å². The molecule has 1 aromatic carbocycles. The molecule has 3 heterocycles. The predicted octanol–water partition coefficient (Wildman–Crippen LogP) is 3.24. The lowest BCUT2D eigenvalue weighted by atomic mass is 10.00. The monoisotopic (exact) mass is 338 g/mol. The molecule has 130 valence electrons. The van der Waals surface area contributed by atoms with Crippen LogP contribution in [0.2, 0.25) is 0 Å². The van der Waals surface area contributed by atoms with Gasteiger partial charge in [0.15, 0.2) is 11.5 Å². The second-order valence-electron chi connectivity index (χ2n) is 6.43. The highest BCUT2D eigenvalue weighted by Gasteiger charge is 2.17. The molecule has 0 bridgehead atoms. The van der Waals surface area contributed by atoms with E-state index in [2.05, 4.69) is 44.4 Å². The third-order valence-electron chi connectivity index (χ3n) is 4.54. The van der Waals surface area contributed by atoms with E-state index in [1.807, 2.05) is 31.0 Å². The van der Waals surface area contributed by atoms with Gasteiger partial charge in [-0.3, -0.25) is 0 Å². The largest absolute Gasteiger partial charge is 0.454 e. The van der Waals surface area contributed by atoms with Crippen LogP contribution in [0, 0.1) is 0 Å². The van der Waals surface area contributed by atoms with Gasteiger partial charge in [-0.05, 0) is 30.5 Å². The van der Waals surface area contributed by atoms with Gasteiger partial charge >= 0.3 is 0 Å². The summed E-state index contributed by atoms with van der Waals surface area (Å²) in [5.74, 6) is 3.14. The summed E-state index contributed by atoms with van der Waals surface area (Å²) in [5.41, 5.74) is 1.24. The minimum absolute atomic E-state index is 0.315. The van der Waals surface area contributed by atoms with Gasteiger partial charge in [-0.1, -0.05) is 13.0 Å².